The van der Waals surface area contributed by atoms with Crippen LogP contribution >= 0.6 is 23.1 Å². The van der Waals surface area contributed by atoms with Gasteiger partial charge in [-0.1, -0.05) is 13.0 Å². The van der Waals surface area contributed by atoms with Crippen LogP contribution in [0.3, 0.4) is 0 Å². The molecule has 0 amide bonds. The maximum absolute atomic E-state index is 6.40. The molecule has 0 saturated carbocycles. The summed E-state index contributed by atoms with van der Waals surface area (Å²) in [6.07, 6.45) is 4.82. The van der Waals surface area contributed by atoms with E-state index < -0.39 is 0 Å². The number of rotatable bonds is 5. The second-order valence-corrected chi connectivity index (χ2v) is 8.38. The van der Waals surface area contributed by atoms with Crippen molar-refractivity contribution in [2.75, 3.05) is 0 Å². The molecule has 1 nitrogen and oxygen atoms in total. The van der Waals surface area contributed by atoms with E-state index in [4.69, 9.17) is 5.73 Å². The lowest BCUT2D eigenvalue weighted by Crippen LogP contribution is -2.25. The summed E-state index contributed by atoms with van der Waals surface area (Å²) in [6, 6.07) is 11.7. The normalized spacial score (nSPS) is 16.7. The van der Waals surface area contributed by atoms with Gasteiger partial charge >= 0.3 is 0 Å². The van der Waals surface area contributed by atoms with Crippen LogP contribution in [0.15, 0.2) is 35.2 Å². The van der Waals surface area contributed by atoms with Gasteiger partial charge in [-0.2, -0.15) is 0 Å². The topological polar surface area (TPSA) is 26.0 Å². The highest BCUT2D eigenvalue weighted by Gasteiger charge is 2.22. The lowest BCUT2D eigenvalue weighted by molar-refractivity contribution is 0.640. The molecule has 3 rings (SSSR count). The Kier molecular flexibility index (Phi) is 4.72. The Bertz CT molecular complexity index is 617. The molecule has 0 fully saturated rings. The lowest BCUT2D eigenvalue weighted by Gasteiger charge is -2.21. The van der Waals surface area contributed by atoms with Gasteiger partial charge < -0.3 is 5.73 Å². The zero-order valence-electron chi connectivity index (χ0n) is 12.8. The van der Waals surface area contributed by atoms with Crippen molar-refractivity contribution in [3.05, 3.63) is 51.2 Å². The Morgan fingerprint density at radius 1 is 1.19 bits per heavy atom. The molecule has 0 aliphatic heterocycles. The predicted octanol–water partition coefficient (Wildman–Crippen LogP) is 5.12. The molecule has 112 valence electrons. The summed E-state index contributed by atoms with van der Waals surface area (Å²) in [4.78, 5) is 4.15. The first-order chi connectivity index (χ1) is 10.2. The van der Waals surface area contributed by atoms with Crippen LogP contribution in [0.5, 0.6) is 0 Å². The molecule has 0 bridgehead atoms. The largest absolute Gasteiger partial charge is 0.326 e. The maximum atomic E-state index is 6.40. The Morgan fingerprint density at radius 2 is 2.00 bits per heavy atom. The van der Waals surface area contributed by atoms with Crippen molar-refractivity contribution in [3.8, 4) is 0 Å². The van der Waals surface area contributed by atoms with Crippen LogP contribution in [-0.4, -0.2) is 6.04 Å². The minimum atomic E-state index is 0.210. The number of aryl methyl sites for hydroxylation is 3. The minimum Gasteiger partial charge on any atom is -0.326 e. The summed E-state index contributed by atoms with van der Waals surface area (Å²) in [6.45, 7) is 4.35. The van der Waals surface area contributed by atoms with Crippen LogP contribution in [0.1, 0.15) is 45.9 Å². The van der Waals surface area contributed by atoms with E-state index in [1.165, 1.54) is 33.9 Å². The van der Waals surface area contributed by atoms with Gasteiger partial charge in [0.25, 0.3) is 0 Å². The monoisotopic (exact) mass is 317 g/mol. The fourth-order valence-electron chi connectivity index (χ4n) is 2.94. The average molecular weight is 318 g/mol. The van der Waals surface area contributed by atoms with Crippen LogP contribution in [0.2, 0.25) is 0 Å². The van der Waals surface area contributed by atoms with Crippen molar-refractivity contribution in [2.24, 2.45) is 5.73 Å². The Hall–Kier alpha value is -0.770. The molecule has 1 aromatic carbocycles. The summed E-state index contributed by atoms with van der Waals surface area (Å²) in [5, 5.41) is 0.369. The molecule has 2 N–H and O–H groups in total. The Morgan fingerprint density at radius 3 is 2.71 bits per heavy atom. The molecule has 1 aromatic heterocycles. The Balaban J connectivity index is 1.84. The number of thiophene rings is 1. The third kappa shape index (κ3) is 3.36. The van der Waals surface area contributed by atoms with E-state index in [9.17, 15) is 0 Å². The first-order valence-electron chi connectivity index (χ1n) is 7.77. The van der Waals surface area contributed by atoms with Crippen molar-refractivity contribution in [1.29, 1.82) is 0 Å². The van der Waals surface area contributed by atoms with Crippen molar-refractivity contribution in [2.45, 2.75) is 55.7 Å². The van der Waals surface area contributed by atoms with E-state index in [2.05, 4.69) is 44.2 Å². The van der Waals surface area contributed by atoms with Crippen molar-refractivity contribution < 1.29 is 0 Å². The third-order valence-electron chi connectivity index (χ3n) is 4.23. The standard InChI is InChI=1S/C18H23NS2/c1-3-16(19)18(17-10-7-12(2)20-17)21-15-9-8-13-5-4-6-14(13)11-15/h7-11,16,18H,3-6,19H2,1-2H3. The molecule has 1 heterocycles. The van der Waals surface area contributed by atoms with E-state index in [0.29, 0.717) is 5.25 Å². The lowest BCUT2D eigenvalue weighted by atomic mass is 10.1. The summed E-state index contributed by atoms with van der Waals surface area (Å²) in [5.41, 5.74) is 9.50. The van der Waals surface area contributed by atoms with Gasteiger partial charge in [-0.15, -0.1) is 23.1 Å². The van der Waals surface area contributed by atoms with Gasteiger partial charge in [-0.25, -0.2) is 0 Å². The van der Waals surface area contributed by atoms with Crippen LogP contribution in [-0.2, 0) is 12.8 Å². The highest BCUT2D eigenvalue weighted by atomic mass is 32.2. The third-order valence-corrected chi connectivity index (χ3v) is 6.85. The van der Waals surface area contributed by atoms with Gasteiger partial charge in [0.2, 0.25) is 0 Å². The van der Waals surface area contributed by atoms with Crippen LogP contribution in [0.25, 0.3) is 0 Å². The molecule has 3 heteroatoms. The van der Waals surface area contributed by atoms with Gasteiger partial charge in [-0.05, 0) is 68.0 Å². The summed E-state index contributed by atoms with van der Waals surface area (Å²) in [5.74, 6) is 0. The van der Waals surface area contributed by atoms with E-state index in [0.717, 1.165) is 6.42 Å². The molecular formula is C18H23NS2. The van der Waals surface area contributed by atoms with Crippen LogP contribution in [0.4, 0.5) is 0 Å². The highest BCUT2D eigenvalue weighted by Crippen LogP contribution is 2.42. The average Bonchev–Trinajstić information content (AvgIpc) is 3.12. The van der Waals surface area contributed by atoms with E-state index >= 15 is 0 Å². The fraction of sp³-hybridized carbons (Fsp3) is 0.444. The molecule has 21 heavy (non-hydrogen) atoms. The van der Waals surface area contributed by atoms with Gasteiger partial charge in [0.05, 0.1) is 5.25 Å². The zero-order valence-corrected chi connectivity index (χ0v) is 14.4. The van der Waals surface area contributed by atoms with E-state index in [1.54, 1.807) is 11.1 Å². The first-order valence-corrected chi connectivity index (χ1v) is 9.47. The number of benzene rings is 1. The summed E-state index contributed by atoms with van der Waals surface area (Å²) >= 11 is 3.82. The molecule has 0 saturated heterocycles. The number of nitrogens with two attached hydrogens (primary N) is 1. The molecule has 2 unspecified atom stereocenters. The van der Waals surface area contributed by atoms with Crippen molar-refractivity contribution in [3.63, 3.8) is 0 Å². The number of thioether (sulfide) groups is 1. The van der Waals surface area contributed by atoms with Crippen LogP contribution < -0.4 is 5.73 Å². The molecular weight excluding hydrogens is 294 g/mol. The fourth-order valence-corrected chi connectivity index (χ4v) is 5.38. The molecule has 2 atom stereocenters. The number of hydrogen-bond donors (Lipinski definition) is 1. The maximum Gasteiger partial charge on any atom is 0.0589 e. The van der Waals surface area contributed by atoms with Crippen molar-refractivity contribution >= 4 is 23.1 Å². The van der Waals surface area contributed by atoms with Crippen LogP contribution in [0, 0.1) is 6.92 Å². The molecule has 1 aliphatic carbocycles. The summed E-state index contributed by atoms with van der Waals surface area (Å²) in [7, 11) is 0. The second-order valence-electron chi connectivity index (χ2n) is 5.84. The number of hydrogen-bond acceptors (Lipinski definition) is 3. The van der Waals surface area contributed by atoms with Gasteiger partial charge in [0, 0.05) is 20.7 Å². The molecule has 0 radical (unpaired) electrons. The molecule has 1 aliphatic rings. The van der Waals surface area contributed by atoms with Gasteiger partial charge in [-0.3, -0.25) is 0 Å². The first kappa shape index (κ1) is 15.1. The smallest absolute Gasteiger partial charge is 0.0589 e. The SMILES string of the molecule is CCC(N)C(Sc1ccc2c(c1)CCC2)c1ccc(C)s1. The minimum absolute atomic E-state index is 0.210. The second kappa shape index (κ2) is 6.55. The zero-order chi connectivity index (χ0) is 14.8. The highest BCUT2D eigenvalue weighted by molar-refractivity contribution is 7.99. The predicted molar refractivity (Wildman–Crippen MR) is 94.4 cm³/mol. The number of fused-ring (bicyclic) bond motifs is 1. The van der Waals surface area contributed by atoms with E-state index in [1.807, 2.05) is 23.1 Å². The van der Waals surface area contributed by atoms with Gasteiger partial charge in [0.15, 0.2) is 0 Å². The van der Waals surface area contributed by atoms with E-state index in [-0.39, 0.29) is 6.04 Å². The molecule has 2 aromatic rings. The quantitative estimate of drug-likeness (QED) is 0.775. The summed E-state index contributed by atoms with van der Waals surface area (Å²) < 4.78 is 0. The Labute approximate surface area is 136 Å². The van der Waals surface area contributed by atoms with Gasteiger partial charge in [0.1, 0.15) is 0 Å². The van der Waals surface area contributed by atoms with Crippen molar-refractivity contribution in [1.82, 2.24) is 0 Å². The molecule has 0 spiro atoms.